The molecule has 1 N–H and O–H groups in total. The van der Waals surface area contributed by atoms with Crippen LogP contribution >= 0.6 is 0 Å². The predicted octanol–water partition coefficient (Wildman–Crippen LogP) is 1.98. The lowest BCUT2D eigenvalue weighted by atomic mass is 10.1. The summed E-state index contributed by atoms with van der Waals surface area (Å²) in [5, 5.41) is 9.12. The first kappa shape index (κ1) is 8.95. The lowest BCUT2D eigenvalue weighted by Crippen LogP contribution is -1.97. The molecule has 0 rings (SSSR count). The van der Waals surface area contributed by atoms with E-state index in [2.05, 4.69) is 6.58 Å². The molecular weight excluding hydrogens is 128 g/mol. The monoisotopic (exact) mass is 140 g/mol. The largest absolute Gasteiger partial charge is 0.507 e. The molecule has 0 spiro atoms. The number of aliphatic hydroxyl groups is 1. The number of ketones is 1. The molecule has 0 aromatic heterocycles. The highest BCUT2D eigenvalue weighted by molar-refractivity contribution is 5.93. The first-order valence-corrected chi connectivity index (χ1v) is 3.03. The third kappa shape index (κ3) is 2.05. The zero-order valence-electron chi connectivity index (χ0n) is 6.56. The summed E-state index contributed by atoms with van der Waals surface area (Å²) in [7, 11) is 0. The van der Waals surface area contributed by atoms with Crippen LogP contribution in [-0.2, 0) is 4.79 Å². The predicted molar refractivity (Wildman–Crippen MR) is 40.8 cm³/mol. The van der Waals surface area contributed by atoms with Crippen LogP contribution in [0, 0.1) is 0 Å². The summed E-state index contributed by atoms with van der Waals surface area (Å²) < 4.78 is 0. The molecule has 0 fully saturated rings. The van der Waals surface area contributed by atoms with Crippen molar-refractivity contribution in [3.8, 4) is 0 Å². The molecule has 0 unspecified atom stereocenters. The van der Waals surface area contributed by atoms with Crippen molar-refractivity contribution in [1.82, 2.24) is 0 Å². The van der Waals surface area contributed by atoms with Crippen LogP contribution < -0.4 is 0 Å². The zero-order chi connectivity index (χ0) is 8.31. The zero-order valence-corrected chi connectivity index (χ0v) is 6.56. The summed E-state index contributed by atoms with van der Waals surface area (Å²) in [6.45, 7) is 8.14. The number of hydrogen-bond donors (Lipinski definition) is 1. The Hall–Kier alpha value is -1.05. The minimum absolute atomic E-state index is 0.00694. The van der Waals surface area contributed by atoms with Crippen LogP contribution in [0.1, 0.15) is 20.8 Å². The summed E-state index contributed by atoms with van der Waals surface area (Å²) in [5.41, 5.74) is 0.889. The van der Waals surface area contributed by atoms with Gasteiger partial charge in [-0.05, 0) is 26.3 Å². The van der Waals surface area contributed by atoms with E-state index in [0.717, 1.165) is 0 Å². The van der Waals surface area contributed by atoms with Crippen LogP contribution in [-0.4, -0.2) is 10.9 Å². The molecule has 0 heterocycles. The summed E-state index contributed by atoms with van der Waals surface area (Å²) in [6, 6.07) is 0. The van der Waals surface area contributed by atoms with Gasteiger partial charge in [0.05, 0.1) is 0 Å². The van der Waals surface area contributed by atoms with Gasteiger partial charge in [-0.2, -0.15) is 0 Å². The number of allylic oxidation sites excluding steroid dienone is 2. The Morgan fingerprint density at radius 2 is 1.70 bits per heavy atom. The molecule has 0 aromatic rings. The Balaban J connectivity index is 4.67. The average molecular weight is 140 g/mol. The van der Waals surface area contributed by atoms with E-state index < -0.39 is 0 Å². The smallest absolute Gasteiger partial charge is 0.159 e. The van der Waals surface area contributed by atoms with Gasteiger partial charge in [-0.25, -0.2) is 0 Å². The molecule has 0 atom stereocenters. The second-order valence-corrected chi connectivity index (χ2v) is 2.31. The Kier molecular flexibility index (Phi) is 2.87. The number of rotatable bonds is 2. The standard InChI is InChI=1S/C8H12O2/c1-5(2)8(10)6(3)7(4)9/h10H,1H2,2-4H3. The minimum Gasteiger partial charge on any atom is -0.507 e. The van der Waals surface area contributed by atoms with E-state index in [0.29, 0.717) is 11.1 Å². The summed E-state index contributed by atoms with van der Waals surface area (Å²) in [6.07, 6.45) is 0. The number of carbonyl (C=O) groups is 1. The number of aliphatic hydroxyl groups excluding tert-OH is 1. The highest BCUT2D eigenvalue weighted by atomic mass is 16.3. The van der Waals surface area contributed by atoms with Crippen LogP contribution in [0.2, 0.25) is 0 Å². The molecule has 2 heteroatoms. The van der Waals surface area contributed by atoms with Crippen LogP contribution in [0.4, 0.5) is 0 Å². The maximum atomic E-state index is 10.6. The van der Waals surface area contributed by atoms with Crippen molar-refractivity contribution in [2.24, 2.45) is 0 Å². The molecule has 0 bridgehead atoms. The Morgan fingerprint density at radius 1 is 1.30 bits per heavy atom. The van der Waals surface area contributed by atoms with E-state index in [4.69, 9.17) is 5.11 Å². The minimum atomic E-state index is -0.125. The van der Waals surface area contributed by atoms with Crippen molar-refractivity contribution < 1.29 is 9.90 Å². The highest BCUT2D eigenvalue weighted by Crippen LogP contribution is 2.09. The van der Waals surface area contributed by atoms with Gasteiger partial charge in [0.1, 0.15) is 5.76 Å². The van der Waals surface area contributed by atoms with Crippen molar-refractivity contribution in [2.75, 3.05) is 0 Å². The normalized spacial score (nSPS) is 12.3. The molecule has 10 heavy (non-hydrogen) atoms. The molecule has 56 valence electrons. The third-order valence-corrected chi connectivity index (χ3v) is 1.29. The Labute approximate surface area is 60.9 Å². The van der Waals surface area contributed by atoms with Gasteiger partial charge in [-0.15, -0.1) is 0 Å². The topological polar surface area (TPSA) is 37.3 Å². The van der Waals surface area contributed by atoms with Gasteiger partial charge in [0, 0.05) is 5.57 Å². The molecule has 0 radical (unpaired) electrons. The van der Waals surface area contributed by atoms with E-state index in [1.54, 1.807) is 13.8 Å². The number of hydrogen-bond acceptors (Lipinski definition) is 2. The first-order valence-electron chi connectivity index (χ1n) is 3.03. The van der Waals surface area contributed by atoms with Crippen LogP contribution in [0.15, 0.2) is 23.5 Å². The fourth-order valence-electron chi connectivity index (χ4n) is 0.487. The molecule has 0 saturated heterocycles. The van der Waals surface area contributed by atoms with Gasteiger partial charge in [0.15, 0.2) is 5.78 Å². The van der Waals surface area contributed by atoms with Gasteiger partial charge in [0.2, 0.25) is 0 Å². The second kappa shape index (κ2) is 3.20. The third-order valence-electron chi connectivity index (χ3n) is 1.29. The van der Waals surface area contributed by atoms with Gasteiger partial charge < -0.3 is 5.11 Å². The van der Waals surface area contributed by atoms with Crippen molar-refractivity contribution >= 4 is 5.78 Å². The lowest BCUT2D eigenvalue weighted by Gasteiger charge is -2.00. The molecule has 0 aliphatic heterocycles. The SMILES string of the molecule is C=C(C)C(O)=C(C)C(C)=O. The van der Waals surface area contributed by atoms with E-state index in [1.807, 2.05) is 0 Å². The van der Waals surface area contributed by atoms with Crippen molar-refractivity contribution in [3.63, 3.8) is 0 Å². The molecule has 0 saturated carbocycles. The quantitative estimate of drug-likeness (QED) is 0.362. The fraction of sp³-hybridized carbons (Fsp3) is 0.375. The second-order valence-electron chi connectivity index (χ2n) is 2.31. The van der Waals surface area contributed by atoms with E-state index in [9.17, 15) is 4.79 Å². The summed E-state index contributed by atoms with van der Waals surface area (Å²) >= 11 is 0. The summed E-state index contributed by atoms with van der Waals surface area (Å²) in [4.78, 5) is 10.6. The lowest BCUT2D eigenvalue weighted by molar-refractivity contribution is -0.113. The molecule has 0 aliphatic carbocycles. The van der Waals surface area contributed by atoms with E-state index in [1.165, 1.54) is 6.92 Å². The van der Waals surface area contributed by atoms with E-state index in [-0.39, 0.29) is 11.5 Å². The number of carbonyl (C=O) groups excluding carboxylic acids is 1. The van der Waals surface area contributed by atoms with Gasteiger partial charge in [0.25, 0.3) is 0 Å². The molecular formula is C8H12O2. The van der Waals surface area contributed by atoms with Crippen LogP contribution in [0.25, 0.3) is 0 Å². The van der Waals surface area contributed by atoms with Gasteiger partial charge in [-0.1, -0.05) is 6.58 Å². The summed E-state index contributed by atoms with van der Waals surface area (Å²) in [5.74, 6) is -0.118. The van der Waals surface area contributed by atoms with Crippen molar-refractivity contribution in [2.45, 2.75) is 20.8 Å². The molecule has 0 aromatic carbocycles. The van der Waals surface area contributed by atoms with E-state index >= 15 is 0 Å². The van der Waals surface area contributed by atoms with Crippen molar-refractivity contribution in [3.05, 3.63) is 23.5 Å². The van der Waals surface area contributed by atoms with Crippen LogP contribution in [0.3, 0.4) is 0 Å². The van der Waals surface area contributed by atoms with Crippen LogP contribution in [0.5, 0.6) is 0 Å². The number of Topliss-reactive ketones (excluding diaryl/α,β-unsaturated/α-hetero) is 1. The Morgan fingerprint density at radius 3 is 1.80 bits per heavy atom. The first-order chi connectivity index (χ1) is 4.46. The highest BCUT2D eigenvalue weighted by Gasteiger charge is 2.04. The molecule has 2 nitrogen and oxygen atoms in total. The fourth-order valence-corrected chi connectivity index (χ4v) is 0.487. The maximum Gasteiger partial charge on any atom is 0.159 e. The average Bonchev–Trinajstić information content (AvgIpc) is 1.84. The van der Waals surface area contributed by atoms with Crippen molar-refractivity contribution in [1.29, 1.82) is 0 Å². The van der Waals surface area contributed by atoms with Gasteiger partial charge in [-0.3, -0.25) is 4.79 Å². The maximum absolute atomic E-state index is 10.6. The molecule has 0 amide bonds. The van der Waals surface area contributed by atoms with Gasteiger partial charge >= 0.3 is 0 Å². The molecule has 0 aliphatic rings. The Bertz CT molecular complexity index is 177.